The number of nitrogens with one attached hydrogen (secondary N) is 1. The van der Waals surface area contributed by atoms with Gasteiger partial charge in [0, 0.05) is 25.7 Å². The van der Waals surface area contributed by atoms with Gasteiger partial charge in [0.25, 0.3) is 0 Å². The second-order valence-corrected chi connectivity index (χ2v) is 6.86. The molecule has 0 bridgehead atoms. The smallest absolute Gasteiger partial charge is 0.00684 e. The van der Waals surface area contributed by atoms with Gasteiger partial charge in [-0.25, -0.2) is 0 Å². The van der Waals surface area contributed by atoms with E-state index in [-0.39, 0.29) is 0 Å². The maximum Gasteiger partial charge on any atom is 0.00684 e. The second-order valence-electron chi connectivity index (χ2n) is 6.86. The Labute approximate surface area is 114 Å². The summed E-state index contributed by atoms with van der Waals surface area (Å²) in [7, 11) is 2.33. The predicted octanol–water partition coefficient (Wildman–Crippen LogP) is 3.28. The lowest BCUT2D eigenvalue weighted by Crippen LogP contribution is -2.44. The van der Waals surface area contributed by atoms with Crippen LogP contribution in [-0.2, 0) is 0 Å². The average Bonchev–Trinajstić information content (AvgIpc) is 3.13. The first kappa shape index (κ1) is 14.3. The van der Waals surface area contributed by atoms with Crippen molar-refractivity contribution in [2.24, 2.45) is 11.3 Å². The lowest BCUT2D eigenvalue weighted by Gasteiger charge is -2.38. The highest BCUT2D eigenvalue weighted by atomic mass is 15.1. The van der Waals surface area contributed by atoms with E-state index in [4.69, 9.17) is 0 Å². The molecule has 0 atom stereocenters. The van der Waals surface area contributed by atoms with Crippen LogP contribution in [0.15, 0.2) is 0 Å². The summed E-state index contributed by atoms with van der Waals surface area (Å²) >= 11 is 0. The molecule has 0 radical (unpaired) electrons. The molecule has 2 saturated carbocycles. The normalized spacial score (nSPS) is 21.3. The van der Waals surface area contributed by atoms with Gasteiger partial charge in [0.2, 0.25) is 0 Å². The standard InChI is InChI=1S/C16H32N2/c1-4-16(5-2,12-17-15-9-10-15)13-18(3)11-14-7-6-8-14/h14-15,17H,4-13H2,1-3H3. The lowest BCUT2D eigenvalue weighted by molar-refractivity contribution is 0.122. The Kier molecular flexibility index (Phi) is 5.08. The molecule has 0 heterocycles. The molecule has 0 unspecified atom stereocenters. The number of rotatable bonds is 9. The molecule has 0 aliphatic heterocycles. The van der Waals surface area contributed by atoms with Crippen molar-refractivity contribution in [2.45, 2.75) is 64.8 Å². The molecule has 0 aromatic carbocycles. The number of hydrogen-bond acceptors (Lipinski definition) is 2. The summed E-state index contributed by atoms with van der Waals surface area (Å²) in [5.74, 6) is 0.998. The third-order valence-corrected chi connectivity index (χ3v) is 5.24. The second kappa shape index (κ2) is 6.38. The monoisotopic (exact) mass is 252 g/mol. The molecule has 0 spiro atoms. The summed E-state index contributed by atoms with van der Waals surface area (Å²) in [5.41, 5.74) is 0.501. The molecule has 2 aliphatic rings. The van der Waals surface area contributed by atoms with E-state index >= 15 is 0 Å². The molecule has 0 aromatic rings. The van der Waals surface area contributed by atoms with Crippen LogP contribution in [0.25, 0.3) is 0 Å². The van der Waals surface area contributed by atoms with Crippen LogP contribution in [0.2, 0.25) is 0 Å². The van der Waals surface area contributed by atoms with Crippen molar-refractivity contribution in [2.75, 3.05) is 26.7 Å². The van der Waals surface area contributed by atoms with Crippen molar-refractivity contribution in [1.29, 1.82) is 0 Å². The molecular formula is C16H32N2. The molecule has 2 fully saturated rings. The van der Waals surface area contributed by atoms with Gasteiger partial charge in [-0.1, -0.05) is 20.3 Å². The molecule has 2 nitrogen and oxygen atoms in total. The van der Waals surface area contributed by atoms with E-state index in [0.717, 1.165) is 12.0 Å². The van der Waals surface area contributed by atoms with E-state index in [2.05, 4.69) is 31.1 Å². The summed E-state index contributed by atoms with van der Waals surface area (Å²) in [6, 6.07) is 0.847. The van der Waals surface area contributed by atoms with E-state index in [1.54, 1.807) is 0 Å². The summed E-state index contributed by atoms with van der Waals surface area (Å²) in [4.78, 5) is 2.60. The van der Waals surface area contributed by atoms with Crippen LogP contribution in [-0.4, -0.2) is 37.6 Å². The highest BCUT2D eigenvalue weighted by Gasteiger charge is 2.31. The molecule has 0 aromatic heterocycles. The molecule has 1 N–H and O–H groups in total. The Bertz CT molecular complexity index is 239. The summed E-state index contributed by atoms with van der Waals surface area (Å²) < 4.78 is 0. The SMILES string of the molecule is CCC(CC)(CNC1CC1)CN(C)CC1CCC1. The van der Waals surface area contributed by atoms with E-state index in [9.17, 15) is 0 Å². The zero-order valence-electron chi connectivity index (χ0n) is 12.7. The van der Waals surface area contributed by atoms with Crippen molar-refractivity contribution in [3.05, 3.63) is 0 Å². The fourth-order valence-electron chi connectivity index (χ4n) is 3.18. The Hall–Kier alpha value is -0.0800. The average molecular weight is 252 g/mol. The van der Waals surface area contributed by atoms with Crippen LogP contribution in [0, 0.1) is 11.3 Å². The van der Waals surface area contributed by atoms with E-state index in [0.29, 0.717) is 5.41 Å². The minimum atomic E-state index is 0.501. The fraction of sp³-hybridized carbons (Fsp3) is 1.00. The zero-order valence-corrected chi connectivity index (χ0v) is 12.7. The van der Waals surface area contributed by atoms with Crippen molar-refractivity contribution >= 4 is 0 Å². The minimum absolute atomic E-state index is 0.501. The lowest BCUT2D eigenvalue weighted by atomic mass is 9.80. The maximum atomic E-state index is 3.76. The molecule has 2 heteroatoms. The molecule has 106 valence electrons. The van der Waals surface area contributed by atoms with Crippen molar-refractivity contribution in [3.63, 3.8) is 0 Å². The summed E-state index contributed by atoms with van der Waals surface area (Å²) in [6.07, 6.45) is 9.82. The van der Waals surface area contributed by atoms with Gasteiger partial charge >= 0.3 is 0 Å². The summed E-state index contributed by atoms with van der Waals surface area (Å²) in [6.45, 7) is 8.56. The van der Waals surface area contributed by atoms with Gasteiger partial charge in [-0.2, -0.15) is 0 Å². The van der Waals surface area contributed by atoms with Crippen LogP contribution >= 0.6 is 0 Å². The Morgan fingerprint density at radius 3 is 2.22 bits per heavy atom. The molecule has 0 saturated heterocycles. The van der Waals surface area contributed by atoms with E-state index < -0.39 is 0 Å². The minimum Gasteiger partial charge on any atom is -0.313 e. The predicted molar refractivity (Wildman–Crippen MR) is 78.9 cm³/mol. The van der Waals surface area contributed by atoms with Crippen molar-refractivity contribution in [3.8, 4) is 0 Å². The highest BCUT2D eigenvalue weighted by Crippen LogP contribution is 2.31. The van der Waals surface area contributed by atoms with Gasteiger partial charge in [-0.05, 0) is 56.9 Å². The van der Waals surface area contributed by atoms with Crippen LogP contribution in [0.4, 0.5) is 0 Å². The first-order valence-corrected chi connectivity index (χ1v) is 8.09. The van der Waals surface area contributed by atoms with E-state index in [1.807, 2.05) is 0 Å². The van der Waals surface area contributed by atoms with Gasteiger partial charge in [0.05, 0.1) is 0 Å². The van der Waals surface area contributed by atoms with Gasteiger partial charge < -0.3 is 10.2 Å². The van der Waals surface area contributed by atoms with Gasteiger partial charge in [0.1, 0.15) is 0 Å². The van der Waals surface area contributed by atoms with E-state index in [1.165, 1.54) is 64.6 Å². The fourth-order valence-corrected chi connectivity index (χ4v) is 3.18. The van der Waals surface area contributed by atoms with Crippen LogP contribution in [0.5, 0.6) is 0 Å². The molecule has 18 heavy (non-hydrogen) atoms. The molecule has 2 rings (SSSR count). The van der Waals surface area contributed by atoms with Crippen LogP contribution < -0.4 is 5.32 Å². The van der Waals surface area contributed by atoms with Crippen LogP contribution in [0.3, 0.4) is 0 Å². The largest absolute Gasteiger partial charge is 0.313 e. The number of nitrogens with zero attached hydrogens (tertiary/aromatic N) is 1. The summed E-state index contributed by atoms with van der Waals surface area (Å²) in [5, 5.41) is 3.76. The number of hydrogen-bond donors (Lipinski definition) is 1. The highest BCUT2D eigenvalue weighted by molar-refractivity contribution is 4.88. The Morgan fingerprint density at radius 1 is 1.11 bits per heavy atom. The Morgan fingerprint density at radius 2 is 1.78 bits per heavy atom. The zero-order chi connectivity index (χ0) is 13.0. The van der Waals surface area contributed by atoms with Crippen molar-refractivity contribution in [1.82, 2.24) is 10.2 Å². The Balaban J connectivity index is 1.77. The molecule has 2 aliphatic carbocycles. The first-order valence-electron chi connectivity index (χ1n) is 8.09. The van der Waals surface area contributed by atoms with Gasteiger partial charge in [0.15, 0.2) is 0 Å². The third-order valence-electron chi connectivity index (χ3n) is 5.24. The third kappa shape index (κ3) is 3.96. The topological polar surface area (TPSA) is 15.3 Å². The van der Waals surface area contributed by atoms with Crippen LogP contribution in [0.1, 0.15) is 58.8 Å². The quantitative estimate of drug-likeness (QED) is 0.677. The first-order chi connectivity index (χ1) is 8.67. The maximum absolute atomic E-state index is 3.76. The van der Waals surface area contributed by atoms with Gasteiger partial charge in [-0.15, -0.1) is 0 Å². The van der Waals surface area contributed by atoms with Gasteiger partial charge in [-0.3, -0.25) is 0 Å². The molecular weight excluding hydrogens is 220 g/mol. The molecule has 0 amide bonds. The van der Waals surface area contributed by atoms with Crippen molar-refractivity contribution < 1.29 is 0 Å².